The zero-order valence-electron chi connectivity index (χ0n) is 19.4. The molecule has 4 rings (SSSR count). The Bertz CT molecular complexity index is 1300. The summed E-state index contributed by atoms with van der Waals surface area (Å²) in [5.41, 5.74) is 6.00. The molecular formula is C27H27FNO5P. The number of pyridine rings is 1. The van der Waals surface area contributed by atoms with E-state index in [9.17, 15) is 23.4 Å². The number of carboxylic acid groups (broad SMARTS) is 1. The maximum absolute atomic E-state index is 13.7. The minimum absolute atomic E-state index is 0.169. The van der Waals surface area contributed by atoms with Crippen molar-refractivity contribution in [3.05, 3.63) is 77.2 Å². The van der Waals surface area contributed by atoms with Crippen molar-refractivity contribution in [2.75, 3.05) is 12.3 Å². The van der Waals surface area contributed by atoms with E-state index in [1.165, 1.54) is 12.1 Å². The summed E-state index contributed by atoms with van der Waals surface area (Å²) in [6.07, 6.45) is 0.527. The number of aromatic nitrogens is 1. The fraction of sp³-hybridized carbons (Fsp3) is 0.296. The van der Waals surface area contributed by atoms with Gasteiger partial charge in [-0.15, -0.1) is 0 Å². The summed E-state index contributed by atoms with van der Waals surface area (Å²) >= 11 is 0. The van der Waals surface area contributed by atoms with Gasteiger partial charge in [-0.05, 0) is 60.6 Å². The fourth-order valence-corrected chi connectivity index (χ4v) is 5.84. The number of carbonyl (C=O) groups excluding carboxylic acids is 1. The maximum atomic E-state index is 13.7. The van der Waals surface area contributed by atoms with Gasteiger partial charge in [0.05, 0.1) is 11.9 Å². The molecule has 0 radical (unpaired) electrons. The molecule has 1 aliphatic rings. The molecule has 1 unspecified atom stereocenters. The predicted molar refractivity (Wildman–Crippen MR) is 132 cm³/mol. The number of nitrogens with zero attached hydrogens (tertiary/aromatic N) is 1. The molecule has 8 heteroatoms. The van der Waals surface area contributed by atoms with Gasteiger partial charge < -0.3 is 10.00 Å². The largest absolute Gasteiger partial charge is 0.481 e. The smallest absolute Gasteiger partial charge is 0.310 e. The molecule has 1 aliphatic carbocycles. The lowest BCUT2D eigenvalue weighted by Crippen LogP contribution is -2.14. The van der Waals surface area contributed by atoms with Crippen molar-refractivity contribution in [3.8, 4) is 22.4 Å². The molecular weight excluding hydrogens is 468 g/mol. The average molecular weight is 495 g/mol. The first-order valence-corrected chi connectivity index (χ1v) is 13.6. The van der Waals surface area contributed by atoms with E-state index < -0.39 is 31.7 Å². The van der Waals surface area contributed by atoms with Gasteiger partial charge in [-0.1, -0.05) is 42.5 Å². The first kappa shape index (κ1) is 25.0. The third-order valence-electron chi connectivity index (χ3n) is 6.20. The van der Waals surface area contributed by atoms with Crippen LogP contribution in [-0.2, 0) is 20.6 Å². The van der Waals surface area contributed by atoms with Crippen LogP contribution in [-0.4, -0.2) is 39.1 Å². The minimum atomic E-state index is -3.90. The highest BCUT2D eigenvalue weighted by molar-refractivity contribution is 7.59. The van der Waals surface area contributed by atoms with E-state index >= 15 is 0 Å². The van der Waals surface area contributed by atoms with E-state index in [1.54, 1.807) is 12.1 Å². The van der Waals surface area contributed by atoms with Crippen LogP contribution < -0.4 is 0 Å². The van der Waals surface area contributed by atoms with Crippen molar-refractivity contribution in [1.82, 2.24) is 4.98 Å². The zero-order valence-corrected chi connectivity index (χ0v) is 20.3. The van der Waals surface area contributed by atoms with E-state index in [0.29, 0.717) is 0 Å². The van der Waals surface area contributed by atoms with E-state index in [0.717, 1.165) is 52.0 Å². The van der Waals surface area contributed by atoms with Gasteiger partial charge in [0.25, 0.3) is 0 Å². The molecule has 1 saturated carbocycles. The minimum Gasteiger partial charge on any atom is -0.481 e. The molecule has 0 bridgehead atoms. The molecule has 2 aromatic carbocycles. The van der Waals surface area contributed by atoms with Gasteiger partial charge in [-0.25, -0.2) is 4.39 Å². The summed E-state index contributed by atoms with van der Waals surface area (Å²) in [4.78, 5) is 38.2. The van der Waals surface area contributed by atoms with Gasteiger partial charge in [-0.3, -0.25) is 19.1 Å². The van der Waals surface area contributed by atoms with Gasteiger partial charge in [0.2, 0.25) is 7.37 Å². The van der Waals surface area contributed by atoms with Crippen molar-refractivity contribution in [2.24, 2.45) is 0 Å². The summed E-state index contributed by atoms with van der Waals surface area (Å²) in [6, 6.07) is 15.9. The number of Topliss-reactive ketones (excluding diaryl/α,β-unsaturated/α-hetero) is 1. The van der Waals surface area contributed by atoms with E-state index in [4.69, 9.17) is 10.1 Å². The first-order valence-electron chi connectivity index (χ1n) is 11.5. The number of ketones is 1. The monoisotopic (exact) mass is 495 g/mol. The predicted octanol–water partition coefficient (Wildman–Crippen LogP) is 5.60. The van der Waals surface area contributed by atoms with Crippen LogP contribution in [0.4, 0.5) is 4.39 Å². The van der Waals surface area contributed by atoms with Gasteiger partial charge in [0, 0.05) is 23.3 Å². The topological polar surface area (TPSA) is 105 Å². The lowest BCUT2D eigenvalue weighted by atomic mass is 9.89. The van der Waals surface area contributed by atoms with Gasteiger partial charge >= 0.3 is 5.97 Å². The first-order chi connectivity index (χ1) is 16.6. The van der Waals surface area contributed by atoms with E-state index in [2.05, 4.69) is 0 Å². The summed E-state index contributed by atoms with van der Waals surface area (Å²) in [7, 11) is -3.90. The molecule has 182 valence electrons. The van der Waals surface area contributed by atoms with Crippen LogP contribution in [0.2, 0.25) is 0 Å². The summed E-state index contributed by atoms with van der Waals surface area (Å²) in [5, 5.41) is 8.80. The quantitative estimate of drug-likeness (QED) is 0.280. The molecule has 1 fully saturated rings. The van der Waals surface area contributed by atoms with Crippen LogP contribution in [0.1, 0.15) is 42.0 Å². The number of rotatable bonds is 10. The molecule has 35 heavy (non-hydrogen) atoms. The van der Waals surface area contributed by atoms with Crippen LogP contribution in [0.3, 0.4) is 0 Å². The number of aliphatic carboxylic acids is 1. The van der Waals surface area contributed by atoms with Gasteiger partial charge in [-0.2, -0.15) is 0 Å². The Balaban J connectivity index is 1.79. The van der Waals surface area contributed by atoms with Gasteiger partial charge in [0.1, 0.15) is 12.2 Å². The standard InChI is InChI=1S/C27H27FNO5P/c1-17-25(18-9-11-21(28)12-10-18)23(13-14-35(33,34)16-22(30)15-24(31)32)27(20-7-8-20)29-26(17)19-5-3-2-4-6-19/h2-6,9-12,20H,7-8,13-16H2,1H3,(H,31,32)(H,33,34). The molecule has 1 aromatic heterocycles. The molecule has 3 aromatic rings. The Labute approximate surface area is 203 Å². The van der Waals surface area contributed by atoms with Gasteiger partial charge in [0.15, 0.2) is 5.78 Å². The fourth-order valence-electron chi connectivity index (χ4n) is 4.44. The molecule has 1 heterocycles. The molecule has 0 aliphatic heterocycles. The average Bonchev–Trinajstić information content (AvgIpc) is 3.63. The Morgan fingerprint density at radius 3 is 2.31 bits per heavy atom. The van der Waals surface area contributed by atoms with Crippen molar-refractivity contribution >= 4 is 19.1 Å². The number of carbonyl (C=O) groups is 2. The van der Waals surface area contributed by atoms with Crippen molar-refractivity contribution in [2.45, 2.75) is 38.5 Å². The highest BCUT2D eigenvalue weighted by Gasteiger charge is 2.32. The van der Waals surface area contributed by atoms with Crippen LogP contribution in [0.5, 0.6) is 0 Å². The summed E-state index contributed by atoms with van der Waals surface area (Å²) in [6.45, 7) is 1.95. The molecule has 2 N–H and O–H groups in total. The highest BCUT2D eigenvalue weighted by atomic mass is 31.2. The molecule has 1 atom stereocenters. The van der Waals surface area contributed by atoms with Crippen LogP contribution >= 0.6 is 7.37 Å². The third kappa shape index (κ3) is 6.11. The number of halogens is 1. The SMILES string of the molecule is Cc1c(-c2ccccc2)nc(C2CC2)c(CCP(=O)(O)CC(=O)CC(=O)O)c1-c1ccc(F)cc1. The molecule has 6 nitrogen and oxygen atoms in total. The normalized spacial score (nSPS) is 14.9. The Hall–Kier alpha value is -3.15. The second-order valence-corrected chi connectivity index (χ2v) is 11.5. The number of hydrogen-bond acceptors (Lipinski definition) is 4. The van der Waals surface area contributed by atoms with Crippen molar-refractivity contribution in [1.29, 1.82) is 0 Å². The second kappa shape index (κ2) is 10.2. The van der Waals surface area contributed by atoms with E-state index in [-0.39, 0.29) is 24.3 Å². The maximum Gasteiger partial charge on any atom is 0.310 e. The van der Waals surface area contributed by atoms with Crippen molar-refractivity contribution < 1.29 is 28.5 Å². The van der Waals surface area contributed by atoms with Crippen molar-refractivity contribution in [3.63, 3.8) is 0 Å². The van der Waals surface area contributed by atoms with E-state index in [1.807, 2.05) is 37.3 Å². The lowest BCUT2D eigenvalue weighted by Gasteiger charge is -2.21. The third-order valence-corrected chi connectivity index (χ3v) is 7.97. The Kier molecular flexibility index (Phi) is 7.29. The second-order valence-electron chi connectivity index (χ2n) is 9.06. The molecule has 0 amide bonds. The molecule has 0 saturated heterocycles. The highest BCUT2D eigenvalue weighted by Crippen LogP contribution is 2.48. The Morgan fingerprint density at radius 1 is 1.06 bits per heavy atom. The number of hydrogen-bond donors (Lipinski definition) is 2. The summed E-state index contributed by atoms with van der Waals surface area (Å²) in [5.74, 6) is -2.21. The van der Waals surface area contributed by atoms with Crippen LogP contribution in [0, 0.1) is 12.7 Å². The summed E-state index contributed by atoms with van der Waals surface area (Å²) < 4.78 is 26.5. The lowest BCUT2D eigenvalue weighted by molar-refractivity contribution is -0.139. The Morgan fingerprint density at radius 2 is 1.71 bits per heavy atom. The number of benzene rings is 2. The number of carboxylic acids is 1. The molecule has 0 spiro atoms. The van der Waals surface area contributed by atoms with Crippen LogP contribution in [0.25, 0.3) is 22.4 Å². The van der Waals surface area contributed by atoms with Crippen LogP contribution in [0.15, 0.2) is 54.6 Å². The zero-order chi connectivity index (χ0) is 25.2.